The first kappa shape index (κ1) is 23.7. The first-order valence-corrected chi connectivity index (χ1v) is 12.2. The fourth-order valence-corrected chi connectivity index (χ4v) is 4.94. The van der Waals surface area contributed by atoms with Crippen LogP contribution >= 0.6 is 34.8 Å². The van der Waals surface area contributed by atoms with Crippen LogP contribution in [0, 0.1) is 0 Å². The lowest BCUT2D eigenvalue weighted by Gasteiger charge is -2.42. The molecule has 1 saturated heterocycles. The van der Waals surface area contributed by atoms with Gasteiger partial charge in [0.2, 0.25) is 0 Å². The minimum absolute atomic E-state index is 0.0457. The molecule has 4 nitrogen and oxygen atoms in total. The van der Waals surface area contributed by atoms with Crippen molar-refractivity contribution in [1.29, 1.82) is 0 Å². The van der Waals surface area contributed by atoms with Crippen LogP contribution in [0.3, 0.4) is 0 Å². The maximum Gasteiger partial charge on any atom is 0.315 e. The maximum atomic E-state index is 12.5. The molecule has 1 aliphatic rings. The molecule has 3 aromatic carbocycles. The normalized spacial score (nSPS) is 18.1. The molecule has 0 bridgehead atoms. The zero-order valence-corrected chi connectivity index (χ0v) is 20.4. The predicted octanol–water partition coefficient (Wildman–Crippen LogP) is 6.90. The Hall–Kier alpha value is -2.40. The van der Waals surface area contributed by atoms with Crippen molar-refractivity contribution in [3.05, 3.63) is 99.0 Å². The molecule has 0 radical (unpaired) electrons. The van der Waals surface area contributed by atoms with Crippen molar-refractivity contribution in [1.82, 2.24) is 10.6 Å². The number of hydrogen-bond acceptors (Lipinski definition) is 2. The van der Waals surface area contributed by atoms with E-state index in [1.165, 1.54) is 5.56 Å². The molecule has 7 heteroatoms. The molecular weight excluding hydrogens is 477 g/mol. The van der Waals surface area contributed by atoms with Crippen LogP contribution in [-0.4, -0.2) is 25.2 Å². The van der Waals surface area contributed by atoms with Gasteiger partial charge in [-0.3, -0.25) is 0 Å². The fourth-order valence-electron chi connectivity index (χ4n) is 4.30. The van der Waals surface area contributed by atoms with E-state index in [9.17, 15) is 4.79 Å². The molecule has 1 aliphatic heterocycles. The molecule has 2 amide bonds. The standard InChI is InChI=1S/C26H26Cl3N3O/c27-20-8-6-19(7-9-20)25-17-22(13-15-32(25)24-11-10-21(28)16-23(24)29)31-26(33)30-14-12-18-4-2-1-3-5-18/h1-11,16,22,25H,12-15,17H2,(H2,30,31,33). The van der Waals surface area contributed by atoms with Gasteiger partial charge in [0.15, 0.2) is 0 Å². The number of urea groups is 1. The first-order chi connectivity index (χ1) is 16.0. The van der Waals surface area contributed by atoms with E-state index in [0.717, 1.165) is 37.1 Å². The van der Waals surface area contributed by atoms with Crippen molar-refractivity contribution in [2.24, 2.45) is 0 Å². The quantitative estimate of drug-likeness (QED) is 0.385. The Bertz CT molecular complexity index is 1080. The lowest BCUT2D eigenvalue weighted by Crippen LogP contribution is -2.49. The van der Waals surface area contributed by atoms with Gasteiger partial charge in [0.25, 0.3) is 0 Å². The average molecular weight is 503 g/mol. The number of piperidine rings is 1. The van der Waals surface area contributed by atoms with Crippen LogP contribution in [0.2, 0.25) is 15.1 Å². The highest BCUT2D eigenvalue weighted by molar-refractivity contribution is 6.36. The second kappa shape index (κ2) is 11.1. The highest BCUT2D eigenvalue weighted by Gasteiger charge is 2.31. The lowest BCUT2D eigenvalue weighted by molar-refractivity contribution is 0.232. The van der Waals surface area contributed by atoms with E-state index in [1.54, 1.807) is 6.07 Å². The van der Waals surface area contributed by atoms with Gasteiger partial charge in [0.1, 0.15) is 0 Å². The van der Waals surface area contributed by atoms with Gasteiger partial charge in [0.05, 0.1) is 16.8 Å². The summed E-state index contributed by atoms with van der Waals surface area (Å²) in [6.07, 6.45) is 2.37. The molecule has 1 fully saturated rings. The summed E-state index contributed by atoms with van der Waals surface area (Å²) in [4.78, 5) is 14.8. The Kier molecular flexibility index (Phi) is 8.02. The largest absolute Gasteiger partial charge is 0.363 e. The number of hydrogen-bond donors (Lipinski definition) is 2. The van der Waals surface area contributed by atoms with Gasteiger partial charge in [-0.2, -0.15) is 0 Å². The van der Waals surface area contributed by atoms with Crippen molar-refractivity contribution < 1.29 is 4.79 Å². The number of amides is 2. The highest BCUT2D eigenvalue weighted by atomic mass is 35.5. The topological polar surface area (TPSA) is 44.4 Å². The number of carbonyl (C=O) groups excluding carboxylic acids is 1. The van der Waals surface area contributed by atoms with Crippen LogP contribution in [0.15, 0.2) is 72.8 Å². The summed E-state index contributed by atoms with van der Waals surface area (Å²) in [6.45, 7) is 1.35. The third-order valence-electron chi connectivity index (χ3n) is 5.95. The Morgan fingerprint density at radius 3 is 2.39 bits per heavy atom. The van der Waals surface area contributed by atoms with Gasteiger partial charge in [-0.25, -0.2) is 4.79 Å². The van der Waals surface area contributed by atoms with Gasteiger partial charge in [-0.1, -0.05) is 77.3 Å². The van der Waals surface area contributed by atoms with Crippen LogP contribution in [0.4, 0.5) is 10.5 Å². The third kappa shape index (κ3) is 6.35. The molecule has 4 rings (SSSR count). The van der Waals surface area contributed by atoms with Gasteiger partial charge in [0, 0.05) is 29.2 Å². The number of halogens is 3. The summed E-state index contributed by atoms with van der Waals surface area (Å²) in [5.41, 5.74) is 3.27. The van der Waals surface area contributed by atoms with Gasteiger partial charge in [-0.15, -0.1) is 0 Å². The third-order valence-corrected chi connectivity index (χ3v) is 6.74. The summed E-state index contributed by atoms with van der Waals surface area (Å²) in [6, 6.07) is 23.5. The highest BCUT2D eigenvalue weighted by Crippen LogP contribution is 2.39. The van der Waals surface area contributed by atoms with Crippen LogP contribution in [-0.2, 0) is 6.42 Å². The summed E-state index contributed by atoms with van der Waals surface area (Å²) >= 11 is 18.8. The Morgan fingerprint density at radius 1 is 0.939 bits per heavy atom. The minimum atomic E-state index is -0.135. The Balaban J connectivity index is 1.43. The molecule has 33 heavy (non-hydrogen) atoms. The second-order valence-electron chi connectivity index (χ2n) is 8.21. The monoisotopic (exact) mass is 501 g/mol. The zero-order chi connectivity index (χ0) is 23.2. The van der Waals surface area contributed by atoms with E-state index in [-0.39, 0.29) is 18.1 Å². The van der Waals surface area contributed by atoms with Crippen molar-refractivity contribution in [3.8, 4) is 0 Å². The van der Waals surface area contributed by atoms with Crippen molar-refractivity contribution in [2.45, 2.75) is 31.3 Å². The number of nitrogens with zero attached hydrogens (tertiary/aromatic N) is 1. The number of anilines is 1. The van der Waals surface area contributed by atoms with Crippen molar-refractivity contribution >= 4 is 46.5 Å². The van der Waals surface area contributed by atoms with Crippen LogP contribution in [0.5, 0.6) is 0 Å². The van der Waals surface area contributed by atoms with E-state index < -0.39 is 0 Å². The molecule has 0 saturated carbocycles. The predicted molar refractivity (Wildman–Crippen MR) is 138 cm³/mol. The van der Waals surface area contributed by atoms with Crippen molar-refractivity contribution in [2.75, 3.05) is 18.0 Å². The SMILES string of the molecule is O=C(NCCc1ccccc1)NC1CCN(c2ccc(Cl)cc2Cl)C(c2ccc(Cl)cc2)C1. The average Bonchev–Trinajstić information content (AvgIpc) is 2.81. The molecule has 0 aromatic heterocycles. The lowest BCUT2D eigenvalue weighted by atomic mass is 9.91. The van der Waals surface area contributed by atoms with Gasteiger partial charge < -0.3 is 15.5 Å². The molecule has 2 atom stereocenters. The summed E-state index contributed by atoms with van der Waals surface area (Å²) in [5, 5.41) is 8.05. The molecule has 2 N–H and O–H groups in total. The number of benzene rings is 3. The number of nitrogens with one attached hydrogen (secondary N) is 2. The molecule has 172 valence electrons. The van der Waals surface area contributed by atoms with Crippen LogP contribution in [0.25, 0.3) is 0 Å². The first-order valence-electron chi connectivity index (χ1n) is 11.0. The van der Waals surface area contributed by atoms with Crippen LogP contribution < -0.4 is 15.5 Å². The molecule has 1 heterocycles. The molecule has 2 unspecified atom stereocenters. The van der Waals surface area contributed by atoms with Gasteiger partial charge >= 0.3 is 6.03 Å². The van der Waals surface area contributed by atoms with Crippen LogP contribution in [0.1, 0.15) is 30.0 Å². The Labute approximate surface area is 209 Å². The molecule has 3 aromatic rings. The van der Waals surface area contributed by atoms with Crippen molar-refractivity contribution in [3.63, 3.8) is 0 Å². The van der Waals surface area contributed by atoms with E-state index in [4.69, 9.17) is 34.8 Å². The summed E-state index contributed by atoms with van der Waals surface area (Å²) in [5.74, 6) is 0. The summed E-state index contributed by atoms with van der Waals surface area (Å²) < 4.78 is 0. The van der Waals surface area contributed by atoms with E-state index in [0.29, 0.717) is 21.6 Å². The number of carbonyl (C=O) groups is 1. The smallest absolute Gasteiger partial charge is 0.315 e. The Morgan fingerprint density at radius 2 is 1.67 bits per heavy atom. The molecular formula is C26H26Cl3N3O. The molecule has 0 aliphatic carbocycles. The molecule has 0 spiro atoms. The minimum Gasteiger partial charge on any atom is -0.363 e. The maximum absolute atomic E-state index is 12.5. The van der Waals surface area contributed by atoms with E-state index >= 15 is 0 Å². The number of rotatable bonds is 6. The summed E-state index contributed by atoms with van der Waals surface area (Å²) in [7, 11) is 0. The van der Waals surface area contributed by atoms with E-state index in [2.05, 4.69) is 27.7 Å². The van der Waals surface area contributed by atoms with E-state index in [1.807, 2.05) is 54.6 Å². The fraction of sp³-hybridized carbons (Fsp3) is 0.269. The second-order valence-corrected chi connectivity index (χ2v) is 9.49. The zero-order valence-electron chi connectivity index (χ0n) is 18.1. The van der Waals surface area contributed by atoms with Gasteiger partial charge in [-0.05, 0) is 60.7 Å².